The third kappa shape index (κ3) is 3.84. The van der Waals surface area contributed by atoms with Gasteiger partial charge in [-0.25, -0.2) is 0 Å². The molecule has 124 valence electrons. The number of nitrogens with zero attached hydrogens (tertiary/aromatic N) is 1. The molecule has 0 radical (unpaired) electrons. The summed E-state index contributed by atoms with van der Waals surface area (Å²) in [6.45, 7) is 3.98. The van der Waals surface area contributed by atoms with Crippen LogP contribution in [0.1, 0.15) is 18.5 Å². The summed E-state index contributed by atoms with van der Waals surface area (Å²) < 4.78 is 51.2. The van der Waals surface area contributed by atoms with Gasteiger partial charge in [0, 0.05) is 26.2 Å². The van der Waals surface area contributed by atoms with Crippen LogP contribution in [0.3, 0.4) is 0 Å². The first kappa shape index (κ1) is 16.9. The van der Waals surface area contributed by atoms with Gasteiger partial charge >= 0.3 is 6.18 Å². The minimum absolute atomic E-state index is 0.179. The zero-order valence-electron chi connectivity index (χ0n) is 12.7. The second-order valence-electron chi connectivity index (χ2n) is 5.07. The van der Waals surface area contributed by atoms with Gasteiger partial charge in [-0.05, 0) is 24.6 Å². The number of alkyl halides is 3. The van der Waals surface area contributed by atoms with Gasteiger partial charge in [-0.3, -0.25) is 4.90 Å². The summed E-state index contributed by atoms with van der Waals surface area (Å²) in [4.78, 5) is 1.45. The average Bonchev–Trinajstić information content (AvgIpc) is 2.48. The van der Waals surface area contributed by atoms with Crippen molar-refractivity contribution in [2.45, 2.75) is 19.1 Å². The zero-order valence-corrected chi connectivity index (χ0v) is 12.7. The van der Waals surface area contributed by atoms with Gasteiger partial charge in [0.2, 0.25) is 0 Å². The molecule has 0 bridgehead atoms. The van der Waals surface area contributed by atoms with E-state index in [1.54, 1.807) is 6.92 Å². The summed E-state index contributed by atoms with van der Waals surface area (Å²) in [5.74, 6) is 0.777. The molecule has 1 heterocycles. The number of halogens is 3. The first-order valence-corrected chi connectivity index (χ1v) is 7.29. The Kier molecular flexibility index (Phi) is 5.52. The number of benzene rings is 1. The molecule has 1 aromatic carbocycles. The highest BCUT2D eigenvalue weighted by Crippen LogP contribution is 2.40. The molecule has 0 aliphatic carbocycles. The third-order valence-electron chi connectivity index (χ3n) is 3.63. The molecule has 1 fully saturated rings. The van der Waals surface area contributed by atoms with Crippen LogP contribution in [0.5, 0.6) is 11.5 Å². The maximum absolute atomic E-state index is 13.6. The second kappa shape index (κ2) is 7.19. The van der Waals surface area contributed by atoms with Crippen molar-refractivity contribution in [1.82, 2.24) is 10.2 Å². The summed E-state index contributed by atoms with van der Waals surface area (Å²) in [6.07, 6.45) is -4.34. The van der Waals surface area contributed by atoms with Gasteiger partial charge in [-0.15, -0.1) is 0 Å². The van der Waals surface area contributed by atoms with Crippen LogP contribution in [0.15, 0.2) is 18.2 Å². The van der Waals surface area contributed by atoms with E-state index in [-0.39, 0.29) is 5.56 Å². The number of nitrogens with one attached hydrogen (secondary N) is 1. The minimum Gasteiger partial charge on any atom is -0.493 e. The lowest BCUT2D eigenvalue weighted by Crippen LogP contribution is -2.49. The topological polar surface area (TPSA) is 33.7 Å². The zero-order chi connectivity index (χ0) is 16.2. The maximum Gasteiger partial charge on any atom is 0.408 e. The van der Waals surface area contributed by atoms with Crippen molar-refractivity contribution in [1.29, 1.82) is 0 Å². The highest BCUT2D eigenvalue weighted by atomic mass is 19.4. The lowest BCUT2D eigenvalue weighted by atomic mass is 10.0. The predicted octanol–water partition coefficient (Wildman–Crippen LogP) is 2.60. The van der Waals surface area contributed by atoms with Crippen LogP contribution < -0.4 is 14.8 Å². The Bertz CT molecular complexity index is 488. The molecule has 1 atom stereocenters. The first-order chi connectivity index (χ1) is 10.5. The number of rotatable bonds is 5. The van der Waals surface area contributed by atoms with Crippen LogP contribution in [-0.2, 0) is 0 Å². The summed E-state index contributed by atoms with van der Waals surface area (Å²) >= 11 is 0. The normalized spacial score (nSPS) is 18.0. The van der Waals surface area contributed by atoms with Crippen molar-refractivity contribution in [2.75, 3.05) is 39.9 Å². The van der Waals surface area contributed by atoms with E-state index in [1.807, 2.05) is 0 Å². The second-order valence-corrected chi connectivity index (χ2v) is 5.07. The Labute approximate surface area is 128 Å². The lowest BCUT2D eigenvalue weighted by Gasteiger charge is -2.36. The van der Waals surface area contributed by atoms with Gasteiger partial charge in [0.1, 0.15) is 6.04 Å². The molecule has 1 aliphatic heterocycles. The molecule has 0 amide bonds. The number of methoxy groups -OCH3 is 1. The molecule has 0 aromatic heterocycles. The van der Waals surface area contributed by atoms with Crippen molar-refractivity contribution in [2.24, 2.45) is 0 Å². The summed E-state index contributed by atoms with van der Waals surface area (Å²) in [6, 6.07) is 2.80. The van der Waals surface area contributed by atoms with Crippen LogP contribution >= 0.6 is 0 Å². The first-order valence-electron chi connectivity index (χ1n) is 7.29. The third-order valence-corrected chi connectivity index (χ3v) is 3.63. The van der Waals surface area contributed by atoms with Gasteiger partial charge in [0.25, 0.3) is 0 Å². The highest BCUT2D eigenvalue weighted by Gasteiger charge is 2.45. The monoisotopic (exact) mass is 318 g/mol. The van der Waals surface area contributed by atoms with Crippen molar-refractivity contribution >= 4 is 0 Å². The predicted molar refractivity (Wildman–Crippen MR) is 77.4 cm³/mol. The minimum atomic E-state index is -4.34. The van der Waals surface area contributed by atoms with E-state index < -0.39 is 12.2 Å². The van der Waals surface area contributed by atoms with E-state index in [0.717, 1.165) is 0 Å². The Morgan fingerprint density at radius 1 is 1.23 bits per heavy atom. The van der Waals surface area contributed by atoms with Crippen molar-refractivity contribution in [3.8, 4) is 11.5 Å². The molecule has 2 rings (SSSR count). The fraction of sp³-hybridized carbons (Fsp3) is 0.600. The summed E-state index contributed by atoms with van der Waals surface area (Å²) in [5, 5.41) is 3.07. The Balaban J connectivity index is 2.36. The molecule has 0 saturated carbocycles. The van der Waals surface area contributed by atoms with Gasteiger partial charge in [0.05, 0.1) is 13.7 Å². The Morgan fingerprint density at radius 2 is 1.91 bits per heavy atom. The van der Waals surface area contributed by atoms with Crippen LogP contribution in [0, 0.1) is 0 Å². The van der Waals surface area contributed by atoms with Crippen LogP contribution in [-0.4, -0.2) is 51.0 Å². The molecule has 1 N–H and O–H groups in total. The largest absolute Gasteiger partial charge is 0.493 e. The van der Waals surface area contributed by atoms with Crippen molar-refractivity contribution < 1.29 is 22.6 Å². The van der Waals surface area contributed by atoms with Gasteiger partial charge in [-0.1, -0.05) is 6.07 Å². The van der Waals surface area contributed by atoms with Crippen LogP contribution in [0.25, 0.3) is 0 Å². The highest BCUT2D eigenvalue weighted by molar-refractivity contribution is 5.44. The van der Waals surface area contributed by atoms with Crippen LogP contribution in [0.2, 0.25) is 0 Å². The summed E-state index contributed by atoms with van der Waals surface area (Å²) in [5.41, 5.74) is 0.179. The molecule has 0 unspecified atom stereocenters. The smallest absolute Gasteiger partial charge is 0.408 e. The standard InChI is InChI=1S/C15H21F3N2O2/c1-3-22-13-10-11(4-5-12(13)21-2)14(15(16,17)18)20-8-6-19-7-9-20/h4-5,10,14,19H,3,6-9H2,1-2H3/t14-/m1/s1. The SMILES string of the molecule is CCOc1cc([C@@H](N2CCNCC2)C(F)(F)F)ccc1OC. The number of piperazine rings is 1. The molecule has 4 nitrogen and oxygen atoms in total. The number of ether oxygens (including phenoxy) is 2. The van der Waals surface area contributed by atoms with Gasteiger partial charge < -0.3 is 14.8 Å². The molecule has 7 heteroatoms. The maximum atomic E-state index is 13.6. The van der Waals surface area contributed by atoms with E-state index in [9.17, 15) is 13.2 Å². The van der Waals surface area contributed by atoms with E-state index in [0.29, 0.717) is 44.3 Å². The fourth-order valence-electron chi connectivity index (χ4n) is 2.68. The molecule has 1 saturated heterocycles. The quantitative estimate of drug-likeness (QED) is 0.905. The molecule has 1 aliphatic rings. The summed E-state index contributed by atoms with van der Waals surface area (Å²) in [7, 11) is 1.47. The van der Waals surface area contributed by atoms with E-state index in [4.69, 9.17) is 9.47 Å². The average molecular weight is 318 g/mol. The molecular weight excluding hydrogens is 297 g/mol. The molecule has 22 heavy (non-hydrogen) atoms. The Hall–Kier alpha value is -1.47. The lowest BCUT2D eigenvalue weighted by molar-refractivity contribution is -0.187. The molecule has 1 aromatic rings. The van der Waals surface area contributed by atoms with Gasteiger partial charge in [0.15, 0.2) is 11.5 Å². The van der Waals surface area contributed by atoms with E-state index >= 15 is 0 Å². The Morgan fingerprint density at radius 3 is 2.45 bits per heavy atom. The fourth-order valence-corrected chi connectivity index (χ4v) is 2.68. The van der Waals surface area contributed by atoms with Gasteiger partial charge in [-0.2, -0.15) is 13.2 Å². The van der Waals surface area contributed by atoms with E-state index in [1.165, 1.54) is 30.2 Å². The van der Waals surface area contributed by atoms with Crippen molar-refractivity contribution in [3.63, 3.8) is 0 Å². The van der Waals surface area contributed by atoms with Crippen molar-refractivity contribution in [3.05, 3.63) is 23.8 Å². The van der Waals surface area contributed by atoms with Crippen LogP contribution in [0.4, 0.5) is 13.2 Å². The number of hydrogen-bond donors (Lipinski definition) is 1. The molecule has 0 spiro atoms. The molecular formula is C15H21F3N2O2. The van der Waals surface area contributed by atoms with E-state index in [2.05, 4.69) is 5.32 Å². The number of hydrogen-bond acceptors (Lipinski definition) is 4.